The Kier molecular flexibility index (Phi) is 1.36. The molecule has 3 rings (SSSR count). The van der Waals surface area contributed by atoms with Crippen LogP contribution in [-0.4, -0.2) is 16.5 Å². The molecular weight excluding hydrogens is 194 g/mol. The molecule has 4 heteroatoms. The molecule has 1 aromatic heterocycles. The highest BCUT2D eigenvalue weighted by Crippen LogP contribution is 2.28. The van der Waals surface area contributed by atoms with Gasteiger partial charge in [-0.15, -0.1) is 0 Å². The maximum Gasteiger partial charge on any atom is 0.347 e. The number of esters is 2. The lowest BCUT2D eigenvalue weighted by molar-refractivity contribution is 0.0444. The van der Waals surface area contributed by atoms with E-state index in [2.05, 4.69) is 4.74 Å². The molecule has 0 aliphatic carbocycles. The van der Waals surface area contributed by atoms with Crippen molar-refractivity contribution in [1.82, 2.24) is 4.57 Å². The first-order valence-electron chi connectivity index (χ1n) is 4.53. The van der Waals surface area contributed by atoms with E-state index in [1.165, 1.54) is 0 Å². The van der Waals surface area contributed by atoms with E-state index in [1.807, 2.05) is 29.9 Å². The van der Waals surface area contributed by atoms with Crippen LogP contribution < -0.4 is 0 Å². The minimum Gasteiger partial charge on any atom is -0.386 e. The number of carbonyl (C=O) groups excluding carboxylic acids is 2. The Hall–Kier alpha value is -2.10. The van der Waals surface area contributed by atoms with E-state index in [1.54, 1.807) is 6.07 Å². The Morgan fingerprint density at radius 2 is 1.93 bits per heavy atom. The zero-order valence-corrected chi connectivity index (χ0v) is 7.98. The summed E-state index contributed by atoms with van der Waals surface area (Å²) < 4.78 is 6.46. The van der Waals surface area contributed by atoms with Gasteiger partial charge in [0.15, 0.2) is 0 Å². The standard InChI is InChI=1S/C11H7NO3/c1-12-5-4-6-8(12)3-2-7-9(6)11(14)15-10(7)13/h2-5H,1H3. The summed E-state index contributed by atoms with van der Waals surface area (Å²) >= 11 is 0. The summed E-state index contributed by atoms with van der Waals surface area (Å²) in [4.78, 5) is 22.7. The average Bonchev–Trinajstić information content (AvgIpc) is 2.70. The van der Waals surface area contributed by atoms with Crippen molar-refractivity contribution in [1.29, 1.82) is 0 Å². The van der Waals surface area contributed by atoms with E-state index in [0.29, 0.717) is 11.1 Å². The molecule has 1 aliphatic rings. The normalized spacial score (nSPS) is 14.5. The summed E-state index contributed by atoms with van der Waals surface area (Å²) in [5, 5.41) is 0.769. The molecule has 0 spiro atoms. The maximum atomic E-state index is 11.4. The summed E-state index contributed by atoms with van der Waals surface area (Å²) in [7, 11) is 1.89. The summed E-state index contributed by atoms with van der Waals surface area (Å²) in [6, 6.07) is 5.26. The molecule has 1 aromatic carbocycles. The predicted molar refractivity (Wildman–Crippen MR) is 52.7 cm³/mol. The first-order chi connectivity index (χ1) is 7.18. The van der Waals surface area contributed by atoms with Gasteiger partial charge in [-0.2, -0.15) is 0 Å². The van der Waals surface area contributed by atoms with Crippen LogP contribution in [0, 0.1) is 0 Å². The highest BCUT2D eigenvalue weighted by Gasteiger charge is 2.31. The SMILES string of the molecule is Cn1ccc2c3c(ccc21)C(=O)OC3=O. The highest BCUT2D eigenvalue weighted by atomic mass is 16.6. The van der Waals surface area contributed by atoms with Gasteiger partial charge in [0.25, 0.3) is 0 Å². The zero-order chi connectivity index (χ0) is 10.6. The Labute approximate surface area is 85.1 Å². The van der Waals surface area contributed by atoms with E-state index >= 15 is 0 Å². The monoisotopic (exact) mass is 201 g/mol. The topological polar surface area (TPSA) is 48.3 Å². The van der Waals surface area contributed by atoms with Gasteiger partial charge in [0.2, 0.25) is 0 Å². The quantitative estimate of drug-likeness (QED) is 0.479. The van der Waals surface area contributed by atoms with Crippen LogP contribution in [0.3, 0.4) is 0 Å². The first-order valence-corrected chi connectivity index (χ1v) is 4.53. The number of aryl methyl sites for hydroxylation is 1. The molecule has 0 unspecified atom stereocenters. The van der Waals surface area contributed by atoms with Gasteiger partial charge >= 0.3 is 11.9 Å². The average molecular weight is 201 g/mol. The molecule has 2 heterocycles. The molecule has 15 heavy (non-hydrogen) atoms. The van der Waals surface area contributed by atoms with Crippen LogP contribution in [0.1, 0.15) is 20.7 Å². The lowest BCUT2D eigenvalue weighted by Gasteiger charge is -1.97. The Bertz CT molecular complexity index is 610. The number of nitrogens with zero attached hydrogens (tertiary/aromatic N) is 1. The predicted octanol–water partition coefficient (Wildman–Crippen LogP) is 1.49. The molecule has 0 radical (unpaired) electrons. The molecule has 0 amide bonds. The van der Waals surface area contributed by atoms with Crippen LogP contribution in [-0.2, 0) is 11.8 Å². The molecular formula is C11H7NO3. The van der Waals surface area contributed by atoms with Gasteiger partial charge in [-0.25, -0.2) is 9.59 Å². The smallest absolute Gasteiger partial charge is 0.347 e. The van der Waals surface area contributed by atoms with Gasteiger partial charge in [-0.3, -0.25) is 0 Å². The number of rotatable bonds is 0. The van der Waals surface area contributed by atoms with E-state index in [-0.39, 0.29) is 0 Å². The number of aromatic nitrogens is 1. The number of fused-ring (bicyclic) bond motifs is 3. The Balaban J connectivity index is 2.49. The Morgan fingerprint density at radius 3 is 2.73 bits per heavy atom. The van der Waals surface area contributed by atoms with Gasteiger partial charge in [-0.1, -0.05) is 0 Å². The van der Waals surface area contributed by atoms with Gasteiger partial charge in [0, 0.05) is 24.1 Å². The molecule has 2 aromatic rings. The van der Waals surface area contributed by atoms with Crippen molar-refractivity contribution < 1.29 is 14.3 Å². The van der Waals surface area contributed by atoms with Crippen molar-refractivity contribution in [3.8, 4) is 0 Å². The number of benzene rings is 1. The number of hydrogen-bond donors (Lipinski definition) is 0. The molecule has 0 saturated heterocycles. The minimum atomic E-state index is -0.555. The molecule has 4 nitrogen and oxygen atoms in total. The third-order valence-electron chi connectivity index (χ3n) is 2.68. The second kappa shape index (κ2) is 2.48. The third kappa shape index (κ3) is 0.905. The second-order valence-electron chi connectivity index (χ2n) is 3.52. The summed E-state index contributed by atoms with van der Waals surface area (Å²) in [5.41, 5.74) is 1.66. The van der Waals surface area contributed by atoms with Crippen LogP contribution >= 0.6 is 0 Å². The molecule has 1 aliphatic heterocycles. The van der Waals surface area contributed by atoms with Crippen molar-refractivity contribution in [3.63, 3.8) is 0 Å². The van der Waals surface area contributed by atoms with Crippen molar-refractivity contribution in [2.45, 2.75) is 0 Å². The zero-order valence-electron chi connectivity index (χ0n) is 7.98. The van der Waals surface area contributed by atoms with Gasteiger partial charge in [0.1, 0.15) is 0 Å². The number of cyclic esters (lactones) is 2. The van der Waals surface area contributed by atoms with Crippen LogP contribution in [0.5, 0.6) is 0 Å². The largest absolute Gasteiger partial charge is 0.386 e. The second-order valence-corrected chi connectivity index (χ2v) is 3.52. The van der Waals surface area contributed by atoms with Gasteiger partial charge < -0.3 is 9.30 Å². The molecule has 0 atom stereocenters. The van der Waals surface area contributed by atoms with Crippen molar-refractivity contribution in [2.75, 3.05) is 0 Å². The minimum absolute atomic E-state index is 0.360. The molecule has 74 valence electrons. The maximum absolute atomic E-state index is 11.4. The van der Waals surface area contributed by atoms with Gasteiger partial charge in [-0.05, 0) is 18.2 Å². The van der Waals surface area contributed by atoms with E-state index in [4.69, 9.17) is 0 Å². The first kappa shape index (κ1) is 8.23. The van der Waals surface area contributed by atoms with Crippen LogP contribution in [0.4, 0.5) is 0 Å². The fourth-order valence-corrected chi connectivity index (χ4v) is 1.93. The van der Waals surface area contributed by atoms with E-state index < -0.39 is 11.9 Å². The molecule has 0 fully saturated rings. The van der Waals surface area contributed by atoms with Crippen LogP contribution in [0.25, 0.3) is 10.9 Å². The molecule has 0 saturated carbocycles. The van der Waals surface area contributed by atoms with Crippen molar-refractivity contribution >= 4 is 22.8 Å². The lowest BCUT2D eigenvalue weighted by atomic mass is 10.1. The van der Waals surface area contributed by atoms with Crippen molar-refractivity contribution in [3.05, 3.63) is 35.5 Å². The number of hydrogen-bond acceptors (Lipinski definition) is 3. The van der Waals surface area contributed by atoms with Crippen LogP contribution in [0.2, 0.25) is 0 Å². The lowest BCUT2D eigenvalue weighted by Crippen LogP contribution is -1.97. The number of carbonyl (C=O) groups is 2. The fraction of sp³-hybridized carbons (Fsp3) is 0.0909. The third-order valence-corrected chi connectivity index (χ3v) is 2.68. The number of ether oxygens (including phenoxy) is 1. The van der Waals surface area contributed by atoms with E-state index in [0.717, 1.165) is 10.9 Å². The van der Waals surface area contributed by atoms with Gasteiger partial charge in [0.05, 0.1) is 11.1 Å². The fourth-order valence-electron chi connectivity index (χ4n) is 1.93. The Morgan fingerprint density at radius 1 is 1.13 bits per heavy atom. The summed E-state index contributed by atoms with van der Waals surface area (Å²) in [5.74, 6) is -1.10. The van der Waals surface area contributed by atoms with Crippen molar-refractivity contribution in [2.24, 2.45) is 7.05 Å². The highest BCUT2D eigenvalue weighted by molar-refractivity contribution is 6.20. The summed E-state index contributed by atoms with van der Waals surface area (Å²) in [6.07, 6.45) is 1.85. The molecule has 0 N–H and O–H groups in total. The summed E-state index contributed by atoms with van der Waals surface area (Å²) in [6.45, 7) is 0. The van der Waals surface area contributed by atoms with Crippen LogP contribution in [0.15, 0.2) is 24.4 Å². The van der Waals surface area contributed by atoms with E-state index in [9.17, 15) is 9.59 Å². The molecule has 0 bridgehead atoms.